The summed E-state index contributed by atoms with van der Waals surface area (Å²) < 4.78 is 11.3. The molecule has 3 heteroatoms. The minimum absolute atomic E-state index is 0.928. The SMILES string of the molecule is c1cc(-c2cccc3c2sc2ccccc23)cc(-n2c3ccccc3c3c4cc5c(cc4ccc32)oc2ccccc25)c1. The number of hydrogen-bond donors (Lipinski definition) is 0. The maximum absolute atomic E-state index is 6.24. The van der Waals surface area contributed by atoms with Crippen molar-refractivity contribution in [3.8, 4) is 16.8 Å². The van der Waals surface area contributed by atoms with Gasteiger partial charge in [0.2, 0.25) is 0 Å². The standard InChI is InChI=1S/C40H23NOS/c1-4-16-34-31(13-1)39-32-23-33-28-11-2-5-17-36(28)42-37(33)22-25(32)19-20-35(39)41(34)26-10-7-9-24(21-26)27-14-8-15-30-29-12-3-6-18-38(29)43-40(27)30/h1-23H. The van der Waals surface area contributed by atoms with Crippen molar-refractivity contribution in [3.63, 3.8) is 0 Å². The average molecular weight is 566 g/mol. The summed E-state index contributed by atoms with van der Waals surface area (Å²) >= 11 is 1.88. The molecule has 0 fully saturated rings. The van der Waals surface area contributed by atoms with Crippen LogP contribution >= 0.6 is 11.3 Å². The molecule has 0 saturated heterocycles. The highest BCUT2D eigenvalue weighted by Crippen LogP contribution is 2.42. The zero-order valence-corrected chi connectivity index (χ0v) is 23.9. The maximum Gasteiger partial charge on any atom is 0.136 e. The van der Waals surface area contributed by atoms with E-state index in [2.05, 4.69) is 132 Å². The van der Waals surface area contributed by atoms with Crippen LogP contribution in [0.3, 0.4) is 0 Å². The van der Waals surface area contributed by atoms with Crippen molar-refractivity contribution in [1.82, 2.24) is 4.57 Å². The van der Waals surface area contributed by atoms with Crippen LogP contribution in [-0.2, 0) is 0 Å². The van der Waals surface area contributed by atoms with Gasteiger partial charge in [0.1, 0.15) is 11.2 Å². The van der Waals surface area contributed by atoms with Crippen LogP contribution in [-0.4, -0.2) is 4.57 Å². The summed E-state index contributed by atoms with van der Waals surface area (Å²) in [6.07, 6.45) is 0. The quantitative estimate of drug-likeness (QED) is 0.204. The van der Waals surface area contributed by atoms with Gasteiger partial charge in [-0.15, -0.1) is 11.3 Å². The Morgan fingerprint density at radius 1 is 0.488 bits per heavy atom. The number of fused-ring (bicyclic) bond motifs is 11. The molecule has 7 aromatic carbocycles. The third-order valence-electron chi connectivity index (χ3n) is 8.97. The molecule has 0 N–H and O–H groups in total. The number of aromatic nitrogens is 1. The molecule has 200 valence electrons. The molecule has 0 aliphatic carbocycles. The van der Waals surface area contributed by atoms with E-state index in [0.717, 1.165) is 27.6 Å². The fourth-order valence-electron chi connectivity index (χ4n) is 7.08. The average Bonchev–Trinajstić information content (AvgIpc) is 3.73. The van der Waals surface area contributed by atoms with Gasteiger partial charge in [0.25, 0.3) is 0 Å². The van der Waals surface area contributed by atoms with Gasteiger partial charge in [0.05, 0.1) is 11.0 Å². The van der Waals surface area contributed by atoms with Gasteiger partial charge in [0, 0.05) is 47.4 Å². The number of nitrogens with zero attached hydrogens (tertiary/aromatic N) is 1. The van der Waals surface area contributed by atoms with Crippen molar-refractivity contribution >= 4 is 86.0 Å². The zero-order valence-electron chi connectivity index (χ0n) is 23.0. The molecule has 0 aliphatic heterocycles. The van der Waals surface area contributed by atoms with E-state index < -0.39 is 0 Å². The van der Waals surface area contributed by atoms with E-state index in [4.69, 9.17) is 4.42 Å². The molecule has 10 aromatic rings. The Balaban J connectivity index is 1.25. The summed E-state index contributed by atoms with van der Waals surface area (Å²) in [6.45, 7) is 0. The van der Waals surface area contributed by atoms with Crippen LogP contribution in [0.25, 0.3) is 91.5 Å². The molecule has 0 saturated carbocycles. The van der Waals surface area contributed by atoms with E-state index in [1.807, 2.05) is 23.5 Å². The molecule has 0 spiro atoms. The highest BCUT2D eigenvalue weighted by Gasteiger charge is 2.18. The summed E-state index contributed by atoms with van der Waals surface area (Å²) in [7, 11) is 0. The Bertz CT molecular complexity index is 2740. The second-order valence-corrected chi connectivity index (χ2v) is 12.4. The highest BCUT2D eigenvalue weighted by molar-refractivity contribution is 7.26. The smallest absolute Gasteiger partial charge is 0.136 e. The molecule has 0 bridgehead atoms. The predicted molar refractivity (Wildman–Crippen MR) is 184 cm³/mol. The molecule has 0 aliphatic rings. The van der Waals surface area contributed by atoms with Crippen LogP contribution < -0.4 is 0 Å². The minimum atomic E-state index is 0.928. The zero-order chi connectivity index (χ0) is 28.1. The van der Waals surface area contributed by atoms with Crippen LogP contribution in [0, 0.1) is 0 Å². The van der Waals surface area contributed by atoms with Gasteiger partial charge in [-0.05, 0) is 70.4 Å². The monoisotopic (exact) mass is 565 g/mol. The molecule has 0 amide bonds. The van der Waals surface area contributed by atoms with Gasteiger partial charge >= 0.3 is 0 Å². The summed E-state index contributed by atoms with van der Waals surface area (Å²) in [5.74, 6) is 0. The first kappa shape index (κ1) is 23.2. The molecule has 3 aromatic heterocycles. The van der Waals surface area contributed by atoms with E-state index in [1.165, 1.54) is 63.9 Å². The van der Waals surface area contributed by atoms with Gasteiger partial charge in [-0.1, -0.05) is 91.0 Å². The topological polar surface area (TPSA) is 18.1 Å². The van der Waals surface area contributed by atoms with Crippen LogP contribution in [0.15, 0.2) is 144 Å². The van der Waals surface area contributed by atoms with Crippen molar-refractivity contribution in [1.29, 1.82) is 0 Å². The minimum Gasteiger partial charge on any atom is -0.456 e. The van der Waals surface area contributed by atoms with Crippen molar-refractivity contribution in [2.75, 3.05) is 0 Å². The highest BCUT2D eigenvalue weighted by atomic mass is 32.1. The lowest BCUT2D eigenvalue weighted by atomic mass is 10.0. The van der Waals surface area contributed by atoms with Crippen molar-refractivity contribution in [3.05, 3.63) is 140 Å². The van der Waals surface area contributed by atoms with Crippen LogP contribution in [0.2, 0.25) is 0 Å². The lowest BCUT2D eigenvalue weighted by Gasteiger charge is -2.11. The lowest BCUT2D eigenvalue weighted by molar-refractivity contribution is 0.669. The van der Waals surface area contributed by atoms with E-state index in [9.17, 15) is 0 Å². The van der Waals surface area contributed by atoms with Crippen molar-refractivity contribution < 1.29 is 4.42 Å². The number of para-hydroxylation sites is 2. The number of benzene rings is 7. The predicted octanol–water partition coefficient (Wildman–Crippen LogP) is 11.9. The third-order valence-corrected chi connectivity index (χ3v) is 10.2. The maximum atomic E-state index is 6.24. The lowest BCUT2D eigenvalue weighted by Crippen LogP contribution is -1.94. The fraction of sp³-hybridized carbons (Fsp3) is 0. The number of rotatable bonds is 2. The first-order chi connectivity index (χ1) is 21.3. The van der Waals surface area contributed by atoms with E-state index in [1.54, 1.807) is 0 Å². The Hall–Kier alpha value is -5.38. The molecule has 0 unspecified atom stereocenters. The molecule has 10 rings (SSSR count). The van der Waals surface area contributed by atoms with Gasteiger partial charge in [-0.2, -0.15) is 0 Å². The molecule has 0 atom stereocenters. The van der Waals surface area contributed by atoms with Crippen LogP contribution in [0.1, 0.15) is 0 Å². The molecule has 3 heterocycles. The first-order valence-corrected chi connectivity index (χ1v) is 15.4. The number of thiophene rings is 1. The van der Waals surface area contributed by atoms with Crippen molar-refractivity contribution in [2.24, 2.45) is 0 Å². The van der Waals surface area contributed by atoms with Gasteiger partial charge in [-0.25, -0.2) is 0 Å². The third kappa shape index (κ3) is 3.23. The van der Waals surface area contributed by atoms with Gasteiger partial charge in [0.15, 0.2) is 0 Å². The Labute approximate surface area is 250 Å². The summed E-state index contributed by atoms with van der Waals surface area (Å²) in [4.78, 5) is 0. The fourth-order valence-corrected chi connectivity index (χ4v) is 8.31. The normalized spacial score (nSPS) is 12.2. The molecule has 0 radical (unpaired) electrons. The molecular formula is C40H23NOS. The second kappa shape index (κ2) is 8.57. The number of hydrogen-bond acceptors (Lipinski definition) is 2. The summed E-state index contributed by atoms with van der Waals surface area (Å²) in [6, 6.07) is 50.6. The van der Waals surface area contributed by atoms with Gasteiger partial charge in [-0.3, -0.25) is 0 Å². The molecule has 2 nitrogen and oxygen atoms in total. The summed E-state index contributed by atoms with van der Waals surface area (Å²) in [5, 5.41) is 9.93. The largest absolute Gasteiger partial charge is 0.456 e. The first-order valence-electron chi connectivity index (χ1n) is 14.6. The van der Waals surface area contributed by atoms with E-state index in [-0.39, 0.29) is 0 Å². The summed E-state index contributed by atoms with van der Waals surface area (Å²) in [5.41, 5.74) is 7.94. The Kier molecular flexibility index (Phi) is 4.63. The van der Waals surface area contributed by atoms with Gasteiger partial charge < -0.3 is 8.98 Å². The Morgan fingerprint density at radius 2 is 1.28 bits per heavy atom. The van der Waals surface area contributed by atoms with Crippen LogP contribution in [0.4, 0.5) is 0 Å². The van der Waals surface area contributed by atoms with E-state index >= 15 is 0 Å². The molecular weight excluding hydrogens is 543 g/mol. The second-order valence-electron chi connectivity index (χ2n) is 11.3. The number of furan rings is 1. The van der Waals surface area contributed by atoms with Crippen LogP contribution in [0.5, 0.6) is 0 Å². The van der Waals surface area contributed by atoms with Crippen molar-refractivity contribution in [2.45, 2.75) is 0 Å². The molecule has 43 heavy (non-hydrogen) atoms. The van der Waals surface area contributed by atoms with E-state index in [0.29, 0.717) is 0 Å². The Morgan fingerprint density at radius 3 is 2.23 bits per heavy atom.